The molecule has 5 nitrogen and oxygen atoms in total. The van der Waals surface area contributed by atoms with Crippen molar-refractivity contribution >= 4 is 11.9 Å². The second-order valence-electron chi connectivity index (χ2n) is 6.41. The van der Waals surface area contributed by atoms with Crippen LogP contribution in [0.15, 0.2) is 0 Å². The molecule has 108 valence electrons. The first kappa shape index (κ1) is 14.3. The second kappa shape index (κ2) is 5.12. The standard InChI is InChI=1S/C14H23NO4/c1-13(12(17)18)5-3-7-15(9-13)11(16)14(2)6-4-8-19-10-14/h3-10H2,1-2H3,(H,17,18). The molecule has 1 amide bonds. The first-order valence-corrected chi connectivity index (χ1v) is 6.98. The lowest BCUT2D eigenvalue weighted by Crippen LogP contribution is -2.54. The number of carboxylic acids is 1. The molecule has 2 heterocycles. The summed E-state index contributed by atoms with van der Waals surface area (Å²) in [5.74, 6) is -0.755. The summed E-state index contributed by atoms with van der Waals surface area (Å²) < 4.78 is 5.43. The molecule has 0 spiro atoms. The number of hydrogen-bond acceptors (Lipinski definition) is 3. The van der Waals surface area contributed by atoms with Gasteiger partial charge in [-0.2, -0.15) is 0 Å². The van der Waals surface area contributed by atoms with Crippen LogP contribution in [-0.2, 0) is 14.3 Å². The Balaban J connectivity index is 2.08. The number of nitrogens with zero attached hydrogens (tertiary/aromatic N) is 1. The molecule has 5 heteroatoms. The molecule has 2 fully saturated rings. The zero-order chi connectivity index (χ0) is 14.1. The van der Waals surface area contributed by atoms with Gasteiger partial charge in [0, 0.05) is 19.7 Å². The zero-order valence-corrected chi connectivity index (χ0v) is 11.8. The molecule has 2 atom stereocenters. The second-order valence-corrected chi connectivity index (χ2v) is 6.41. The Morgan fingerprint density at radius 3 is 2.42 bits per heavy atom. The van der Waals surface area contributed by atoms with E-state index in [0.29, 0.717) is 26.1 Å². The highest BCUT2D eigenvalue weighted by Crippen LogP contribution is 2.35. The van der Waals surface area contributed by atoms with Gasteiger partial charge in [0.25, 0.3) is 0 Å². The molecule has 0 aromatic carbocycles. The number of aliphatic carboxylic acids is 1. The third kappa shape index (κ3) is 2.76. The van der Waals surface area contributed by atoms with Crippen LogP contribution in [0.25, 0.3) is 0 Å². The SMILES string of the molecule is CC1(C(=O)O)CCCN(C(=O)C2(C)CCCOC2)C1. The van der Waals surface area contributed by atoms with Crippen LogP contribution in [-0.4, -0.2) is 48.2 Å². The maximum atomic E-state index is 12.6. The van der Waals surface area contributed by atoms with Gasteiger partial charge in [-0.1, -0.05) is 0 Å². The van der Waals surface area contributed by atoms with E-state index in [1.165, 1.54) is 0 Å². The van der Waals surface area contributed by atoms with E-state index in [4.69, 9.17) is 4.74 Å². The number of ether oxygens (including phenoxy) is 1. The van der Waals surface area contributed by atoms with Crippen LogP contribution in [0.1, 0.15) is 39.5 Å². The highest BCUT2D eigenvalue weighted by Gasteiger charge is 2.44. The van der Waals surface area contributed by atoms with Gasteiger partial charge in [-0.25, -0.2) is 0 Å². The van der Waals surface area contributed by atoms with Crippen LogP contribution in [0.3, 0.4) is 0 Å². The average molecular weight is 269 g/mol. The fraction of sp³-hybridized carbons (Fsp3) is 0.857. The summed E-state index contributed by atoms with van der Waals surface area (Å²) in [6.45, 7) is 5.81. The molecule has 2 rings (SSSR count). The number of carbonyl (C=O) groups excluding carboxylic acids is 1. The Bertz CT molecular complexity index is 376. The minimum atomic E-state index is -0.810. The summed E-state index contributed by atoms with van der Waals surface area (Å²) in [5.41, 5.74) is -1.28. The van der Waals surface area contributed by atoms with Gasteiger partial charge in [0.05, 0.1) is 17.4 Å². The minimum Gasteiger partial charge on any atom is -0.481 e. The van der Waals surface area contributed by atoms with Gasteiger partial charge >= 0.3 is 5.97 Å². The maximum absolute atomic E-state index is 12.6. The number of piperidine rings is 1. The third-order valence-corrected chi connectivity index (χ3v) is 4.45. The number of carbonyl (C=O) groups is 2. The van der Waals surface area contributed by atoms with E-state index in [2.05, 4.69) is 0 Å². The molecular weight excluding hydrogens is 246 g/mol. The molecule has 0 aromatic heterocycles. The summed E-state index contributed by atoms with van der Waals surface area (Å²) in [7, 11) is 0. The van der Waals surface area contributed by atoms with Crippen LogP contribution in [0.2, 0.25) is 0 Å². The van der Waals surface area contributed by atoms with Gasteiger partial charge in [0.15, 0.2) is 0 Å². The Labute approximate surface area is 113 Å². The molecule has 2 aliphatic rings. The van der Waals surface area contributed by atoms with Gasteiger partial charge in [0.2, 0.25) is 5.91 Å². The van der Waals surface area contributed by atoms with Gasteiger partial charge < -0.3 is 14.7 Å². The van der Waals surface area contributed by atoms with Gasteiger partial charge in [-0.15, -0.1) is 0 Å². The highest BCUT2D eigenvalue weighted by molar-refractivity contribution is 5.84. The van der Waals surface area contributed by atoms with Crippen molar-refractivity contribution in [2.75, 3.05) is 26.3 Å². The number of amides is 1. The van der Waals surface area contributed by atoms with Crippen LogP contribution >= 0.6 is 0 Å². The smallest absolute Gasteiger partial charge is 0.311 e. The summed E-state index contributed by atoms with van der Waals surface area (Å²) in [6.07, 6.45) is 3.11. The van der Waals surface area contributed by atoms with E-state index in [0.717, 1.165) is 25.9 Å². The average Bonchev–Trinajstić information content (AvgIpc) is 2.38. The first-order chi connectivity index (χ1) is 8.87. The Morgan fingerprint density at radius 2 is 1.84 bits per heavy atom. The maximum Gasteiger partial charge on any atom is 0.311 e. The Kier molecular flexibility index (Phi) is 3.85. The van der Waals surface area contributed by atoms with E-state index in [1.807, 2.05) is 6.92 Å². The van der Waals surface area contributed by atoms with Crippen molar-refractivity contribution in [3.8, 4) is 0 Å². The predicted octanol–water partition coefficient (Wildman–Crippen LogP) is 1.52. The molecule has 2 saturated heterocycles. The normalized spacial score (nSPS) is 36.0. The van der Waals surface area contributed by atoms with Crippen LogP contribution in [0, 0.1) is 10.8 Å². The van der Waals surface area contributed by atoms with Crippen molar-refractivity contribution in [2.45, 2.75) is 39.5 Å². The largest absolute Gasteiger partial charge is 0.481 e. The van der Waals surface area contributed by atoms with E-state index < -0.39 is 16.8 Å². The molecular formula is C14H23NO4. The molecule has 2 aliphatic heterocycles. The lowest BCUT2D eigenvalue weighted by molar-refractivity contribution is -0.159. The number of likely N-dealkylation sites (tertiary alicyclic amines) is 1. The Morgan fingerprint density at radius 1 is 1.16 bits per heavy atom. The predicted molar refractivity (Wildman–Crippen MR) is 69.7 cm³/mol. The fourth-order valence-electron chi connectivity index (χ4n) is 3.07. The molecule has 0 aromatic rings. The monoisotopic (exact) mass is 269 g/mol. The highest BCUT2D eigenvalue weighted by atomic mass is 16.5. The van der Waals surface area contributed by atoms with Gasteiger partial charge in [-0.05, 0) is 39.5 Å². The number of carboxylic acid groups (broad SMARTS) is 1. The van der Waals surface area contributed by atoms with Crippen molar-refractivity contribution in [2.24, 2.45) is 10.8 Å². The van der Waals surface area contributed by atoms with Crippen molar-refractivity contribution in [1.82, 2.24) is 4.90 Å². The van der Waals surface area contributed by atoms with Crippen molar-refractivity contribution < 1.29 is 19.4 Å². The quantitative estimate of drug-likeness (QED) is 0.825. The lowest BCUT2D eigenvalue weighted by atomic mass is 9.78. The molecule has 0 saturated carbocycles. The fourth-order valence-corrected chi connectivity index (χ4v) is 3.07. The molecule has 2 unspecified atom stereocenters. The van der Waals surface area contributed by atoms with E-state index in [9.17, 15) is 14.7 Å². The molecule has 0 aliphatic carbocycles. The van der Waals surface area contributed by atoms with E-state index >= 15 is 0 Å². The first-order valence-electron chi connectivity index (χ1n) is 6.98. The third-order valence-electron chi connectivity index (χ3n) is 4.45. The molecule has 0 bridgehead atoms. The Hall–Kier alpha value is -1.10. The van der Waals surface area contributed by atoms with E-state index in [1.54, 1.807) is 11.8 Å². The summed E-state index contributed by atoms with van der Waals surface area (Å²) in [6, 6.07) is 0. The molecule has 0 radical (unpaired) electrons. The van der Waals surface area contributed by atoms with Crippen molar-refractivity contribution in [3.05, 3.63) is 0 Å². The van der Waals surface area contributed by atoms with Gasteiger partial charge in [-0.3, -0.25) is 9.59 Å². The van der Waals surface area contributed by atoms with Crippen molar-refractivity contribution in [1.29, 1.82) is 0 Å². The summed E-state index contributed by atoms with van der Waals surface area (Å²) >= 11 is 0. The topological polar surface area (TPSA) is 66.8 Å². The van der Waals surface area contributed by atoms with Gasteiger partial charge in [0.1, 0.15) is 0 Å². The number of rotatable bonds is 2. The zero-order valence-electron chi connectivity index (χ0n) is 11.8. The van der Waals surface area contributed by atoms with Crippen LogP contribution < -0.4 is 0 Å². The number of hydrogen-bond donors (Lipinski definition) is 1. The van der Waals surface area contributed by atoms with Crippen LogP contribution in [0.5, 0.6) is 0 Å². The molecule has 19 heavy (non-hydrogen) atoms. The van der Waals surface area contributed by atoms with Crippen molar-refractivity contribution in [3.63, 3.8) is 0 Å². The molecule has 1 N–H and O–H groups in total. The summed E-state index contributed by atoms with van der Waals surface area (Å²) in [4.78, 5) is 25.7. The lowest BCUT2D eigenvalue weighted by Gasteiger charge is -2.42. The summed E-state index contributed by atoms with van der Waals surface area (Å²) in [5, 5.41) is 9.31. The van der Waals surface area contributed by atoms with Crippen LogP contribution in [0.4, 0.5) is 0 Å². The minimum absolute atomic E-state index is 0.0550. The van der Waals surface area contributed by atoms with E-state index in [-0.39, 0.29) is 5.91 Å².